The summed E-state index contributed by atoms with van der Waals surface area (Å²) in [5, 5.41) is 5.75. The standard InChI is InChI=1S/C9H11N5OS/c1-5-4-16-9(11-5)13-6-3-7(15-2)14-8(10)12-6/h3-4H,1-2H3,(H3,10,11,12,13,14). The lowest BCUT2D eigenvalue weighted by Crippen LogP contribution is -2.01. The van der Waals surface area contributed by atoms with Gasteiger partial charge in [0.05, 0.1) is 12.8 Å². The molecule has 84 valence electrons. The molecule has 0 aromatic carbocycles. The van der Waals surface area contributed by atoms with Gasteiger partial charge in [-0.3, -0.25) is 0 Å². The highest BCUT2D eigenvalue weighted by molar-refractivity contribution is 7.13. The first-order valence-electron chi connectivity index (χ1n) is 4.55. The highest BCUT2D eigenvalue weighted by Crippen LogP contribution is 2.21. The van der Waals surface area contributed by atoms with Crippen molar-refractivity contribution in [2.75, 3.05) is 18.2 Å². The number of nitrogen functional groups attached to an aromatic ring is 1. The second kappa shape index (κ2) is 4.31. The summed E-state index contributed by atoms with van der Waals surface area (Å²) in [5.41, 5.74) is 6.49. The van der Waals surface area contributed by atoms with Crippen molar-refractivity contribution in [3.8, 4) is 5.88 Å². The number of anilines is 3. The van der Waals surface area contributed by atoms with Crippen LogP contribution in [-0.2, 0) is 0 Å². The topological polar surface area (TPSA) is 86.0 Å². The number of ether oxygens (including phenoxy) is 1. The molecule has 0 radical (unpaired) electrons. The highest BCUT2D eigenvalue weighted by Gasteiger charge is 2.04. The quantitative estimate of drug-likeness (QED) is 0.842. The third-order valence-electron chi connectivity index (χ3n) is 1.78. The molecule has 2 rings (SSSR count). The van der Waals surface area contributed by atoms with Crippen LogP contribution in [0.25, 0.3) is 0 Å². The summed E-state index contributed by atoms with van der Waals surface area (Å²) in [6.07, 6.45) is 0. The smallest absolute Gasteiger partial charge is 0.225 e. The van der Waals surface area contributed by atoms with Gasteiger partial charge in [-0.2, -0.15) is 9.97 Å². The van der Waals surface area contributed by atoms with Gasteiger partial charge in [0, 0.05) is 11.4 Å². The molecule has 0 aliphatic heterocycles. The van der Waals surface area contributed by atoms with E-state index in [-0.39, 0.29) is 5.95 Å². The van der Waals surface area contributed by atoms with E-state index in [0.29, 0.717) is 11.7 Å². The lowest BCUT2D eigenvalue weighted by molar-refractivity contribution is 0.398. The summed E-state index contributed by atoms with van der Waals surface area (Å²) in [7, 11) is 1.53. The van der Waals surface area contributed by atoms with Crippen molar-refractivity contribution in [2.45, 2.75) is 6.92 Å². The zero-order valence-corrected chi connectivity index (χ0v) is 9.71. The SMILES string of the molecule is COc1cc(Nc2nc(C)cs2)nc(N)n1. The van der Waals surface area contributed by atoms with Gasteiger partial charge in [-0.25, -0.2) is 4.98 Å². The second-order valence-electron chi connectivity index (χ2n) is 3.07. The monoisotopic (exact) mass is 237 g/mol. The average molecular weight is 237 g/mol. The minimum absolute atomic E-state index is 0.162. The average Bonchev–Trinajstić information content (AvgIpc) is 2.63. The van der Waals surface area contributed by atoms with E-state index < -0.39 is 0 Å². The van der Waals surface area contributed by atoms with Crippen LogP contribution in [-0.4, -0.2) is 22.1 Å². The molecule has 0 saturated carbocycles. The molecule has 0 spiro atoms. The second-order valence-corrected chi connectivity index (χ2v) is 3.93. The van der Waals surface area contributed by atoms with E-state index in [2.05, 4.69) is 20.3 Å². The summed E-state index contributed by atoms with van der Waals surface area (Å²) in [6, 6.07) is 1.66. The Morgan fingerprint density at radius 2 is 2.19 bits per heavy atom. The molecular weight excluding hydrogens is 226 g/mol. The van der Waals surface area contributed by atoms with Crippen molar-refractivity contribution in [3.63, 3.8) is 0 Å². The molecule has 0 saturated heterocycles. The van der Waals surface area contributed by atoms with E-state index >= 15 is 0 Å². The first-order chi connectivity index (χ1) is 7.67. The maximum atomic E-state index is 5.53. The predicted octanol–water partition coefficient (Wildman–Crippen LogP) is 1.58. The molecule has 0 fully saturated rings. The Hall–Kier alpha value is -1.89. The van der Waals surface area contributed by atoms with E-state index in [1.165, 1.54) is 18.4 Å². The van der Waals surface area contributed by atoms with Crippen molar-refractivity contribution in [1.29, 1.82) is 0 Å². The summed E-state index contributed by atoms with van der Waals surface area (Å²) >= 11 is 1.50. The van der Waals surface area contributed by atoms with E-state index in [1.54, 1.807) is 6.07 Å². The number of hydrogen-bond acceptors (Lipinski definition) is 7. The minimum atomic E-state index is 0.162. The van der Waals surface area contributed by atoms with Gasteiger partial charge in [0.1, 0.15) is 5.82 Å². The Morgan fingerprint density at radius 1 is 1.38 bits per heavy atom. The third-order valence-corrected chi connectivity index (χ3v) is 2.66. The Labute approximate surface area is 96.5 Å². The maximum absolute atomic E-state index is 5.53. The van der Waals surface area contributed by atoms with Crippen molar-refractivity contribution >= 4 is 28.2 Å². The lowest BCUT2D eigenvalue weighted by atomic mass is 10.5. The molecule has 3 N–H and O–H groups in total. The molecule has 0 amide bonds. The molecular formula is C9H11N5OS. The largest absolute Gasteiger partial charge is 0.481 e. The molecule has 0 bridgehead atoms. The minimum Gasteiger partial charge on any atom is -0.481 e. The lowest BCUT2D eigenvalue weighted by Gasteiger charge is -2.04. The Morgan fingerprint density at radius 3 is 2.81 bits per heavy atom. The predicted molar refractivity (Wildman–Crippen MR) is 63.1 cm³/mol. The zero-order chi connectivity index (χ0) is 11.5. The van der Waals surface area contributed by atoms with Crippen LogP contribution in [0.1, 0.15) is 5.69 Å². The molecule has 2 aromatic heterocycles. The number of hydrogen-bond donors (Lipinski definition) is 2. The molecule has 16 heavy (non-hydrogen) atoms. The van der Waals surface area contributed by atoms with Crippen LogP contribution in [0, 0.1) is 6.92 Å². The number of thiazole rings is 1. The van der Waals surface area contributed by atoms with E-state index in [1.807, 2.05) is 12.3 Å². The number of rotatable bonds is 3. The first kappa shape index (κ1) is 10.6. The fourth-order valence-corrected chi connectivity index (χ4v) is 1.83. The number of methoxy groups -OCH3 is 1. The van der Waals surface area contributed by atoms with Crippen LogP contribution in [0.15, 0.2) is 11.4 Å². The van der Waals surface area contributed by atoms with Crippen molar-refractivity contribution in [2.24, 2.45) is 0 Å². The van der Waals surface area contributed by atoms with Gasteiger partial charge in [0.2, 0.25) is 11.8 Å². The van der Waals surface area contributed by atoms with Crippen LogP contribution in [0.5, 0.6) is 5.88 Å². The van der Waals surface area contributed by atoms with Gasteiger partial charge in [0.15, 0.2) is 5.13 Å². The number of nitrogens with two attached hydrogens (primary N) is 1. The summed E-state index contributed by atoms with van der Waals surface area (Å²) in [6.45, 7) is 1.93. The van der Waals surface area contributed by atoms with Gasteiger partial charge < -0.3 is 15.8 Å². The Bertz CT molecular complexity index is 498. The van der Waals surface area contributed by atoms with Crippen molar-refractivity contribution in [1.82, 2.24) is 15.0 Å². The van der Waals surface area contributed by atoms with E-state index in [0.717, 1.165) is 10.8 Å². The number of nitrogens with one attached hydrogen (secondary N) is 1. The molecule has 0 aliphatic carbocycles. The summed E-state index contributed by atoms with van der Waals surface area (Å²) in [5.74, 6) is 1.15. The molecule has 2 heterocycles. The zero-order valence-electron chi connectivity index (χ0n) is 8.89. The first-order valence-corrected chi connectivity index (χ1v) is 5.43. The normalized spacial score (nSPS) is 10.1. The third kappa shape index (κ3) is 2.37. The molecule has 6 nitrogen and oxygen atoms in total. The fourth-order valence-electron chi connectivity index (χ4n) is 1.13. The summed E-state index contributed by atoms with van der Waals surface area (Å²) in [4.78, 5) is 12.2. The number of aromatic nitrogens is 3. The van der Waals surface area contributed by atoms with Crippen LogP contribution in [0.2, 0.25) is 0 Å². The van der Waals surface area contributed by atoms with Crippen molar-refractivity contribution in [3.05, 3.63) is 17.1 Å². The van der Waals surface area contributed by atoms with Gasteiger partial charge in [-0.15, -0.1) is 11.3 Å². The Balaban J connectivity index is 2.24. The van der Waals surface area contributed by atoms with Crippen LogP contribution >= 0.6 is 11.3 Å². The molecule has 7 heteroatoms. The van der Waals surface area contributed by atoms with Gasteiger partial charge in [-0.1, -0.05) is 0 Å². The van der Waals surface area contributed by atoms with E-state index in [9.17, 15) is 0 Å². The van der Waals surface area contributed by atoms with Crippen molar-refractivity contribution < 1.29 is 4.74 Å². The van der Waals surface area contributed by atoms with Gasteiger partial charge in [0.25, 0.3) is 0 Å². The maximum Gasteiger partial charge on any atom is 0.225 e. The molecule has 2 aromatic rings. The highest BCUT2D eigenvalue weighted by atomic mass is 32.1. The summed E-state index contributed by atoms with van der Waals surface area (Å²) < 4.78 is 4.99. The molecule has 0 atom stereocenters. The Kier molecular flexibility index (Phi) is 2.86. The van der Waals surface area contributed by atoms with E-state index in [4.69, 9.17) is 10.5 Å². The van der Waals surface area contributed by atoms with Gasteiger partial charge >= 0.3 is 0 Å². The number of aryl methyl sites for hydroxylation is 1. The number of nitrogens with zero attached hydrogens (tertiary/aromatic N) is 3. The van der Waals surface area contributed by atoms with Crippen LogP contribution < -0.4 is 15.8 Å². The van der Waals surface area contributed by atoms with Crippen LogP contribution in [0.3, 0.4) is 0 Å². The van der Waals surface area contributed by atoms with Crippen LogP contribution in [0.4, 0.5) is 16.9 Å². The fraction of sp³-hybridized carbons (Fsp3) is 0.222. The van der Waals surface area contributed by atoms with Gasteiger partial charge in [-0.05, 0) is 6.92 Å². The molecule has 0 aliphatic rings. The molecule has 0 unspecified atom stereocenters.